The maximum Gasteiger partial charge on any atom is 0.240 e. The molecule has 2 N–H and O–H groups in total. The topological polar surface area (TPSA) is 75.3 Å². The maximum atomic E-state index is 12.0. The molecule has 7 heteroatoms. The first-order valence-corrected chi connectivity index (χ1v) is 8.83. The lowest BCUT2D eigenvalue weighted by molar-refractivity contribution is -0.120. The predicted octanol–water partition coefficient (Wildman–Crippen LogP) is 2.31. The zero-order valence-corrected chi connectivity index (χ0v) is 13.6. The molecular formula is C14H21ClN2O3S. The predicted molar refractivity (Wildman–Crippen MR) is 83.8 cm³/mol. The molecule has 0 aliphatic carbocycles. The standard InChI is InChI=1S/C14H21ClN2O3S/c1-2-3-4-9-16-14(18)8-10-17-21(19,20)13-7-5-6-12(15)11-13/h5-7,11,17H,2-4,8-10H2,1H3,(H,16,18). The largest absolute Gasteiger partial charge is 0.356 e. The first-order chi connectivity index (χ1) is 9.95. The highest BCUT2D eigenvalue weighted by Crippen LogP contribution is 2.14. The average Bonchev–Trinajstić information content (AvgIpc) is 2.43. The van der Waals surface area contributed by atoms with Gasteiger partial charge in [-0.25, -0.2) is 13.1 Å². The van der Waals surface area contributed by atoms with Gasteiger partial charge in [-0.1, -0.05) is 37.4 Å². The monoisotopic (exact) mass is 332 g/mol. The van der Waals surface area contributed by atoms with Crippen LogP contribution in [0.4, 0.5) is 0 Å². The molecule has 0 unspecified atom stereocenters. The maximum absolute atomic E-state index is 12.0. The molecule has 0 saturated heterocycles. The molecule has 0 radical (unpaired) electrons. The third-order valence-corrected chi connectivity index (χ3v) is 4.55. The van der Waals surface area contributed by atoms with Crippen LogP contribution in [-0.4, -0.2) is 27.4 Å². The van der Waals surface area contributed by atoms with Crippen LogP contribution in [-0.2, 0) is 14.8 Å². The van der Waals surface area contributed by atoms with Crippen LogP contribution in [0, 0.1) is 0 Å². The summed E-state index contributed by atoms with van der Waals surface area (Å²) in [7, 11) is -3.62. The number of benzene rings is 1. The van der Waals surface area contributed by atoms with E-state index in [1.807, 2.05) is 0 Å². The van der Waals surface area contributed by atoms with E-state index >= 15 is 0 Å². The Morgan fingerprint density at radius 3 is 2.67 bits per heavy atom. The number of amides is 1. The number of carbonyl (C=O) groups excluding carboxylic acids is 1. The third-order valence-electron chi connectivity index (χ3n) is 2.85. The molecule has 5 nitrogen and oxygen atoms in total. The van der Waals surface area contributed by atoms with Gasteiger partial charge >= 0.3 is 0 Å². The molecule has 21 heavy (non-hydrogen) atoms. The summed E-state index contributed by atoms with van der Waals surface area (Å²) >= 11 is 5.76. The second-order valence-electron chi connectivity index (χ2n) is 4.66. The second-order valence-corrected chi connectivity index (χ2v) is 6.87. The van der Waals surface area contributed by atoms with Crippen molar-refractivity contribution in [3.63, 3.8) is 0 Å². The van der Waals surface area contributed by atoms with Crippen molar-refractivity contribution in [2.45, 2.75) is 37.5 Å². The molecule has 0 aliphatic rings. The van der Waals surface area contributed by atoms with Gasteiger partial charge in [-0.3, -0.25) is 4.79 Å². The van der Waals surface area contributed by atoms with Crippen molar-refractivity contribution in [2.75, 3.05) is 13.1 Å². The minimum Gasteiger partial charge on any atom is -0.356 e. The van der Waals surface area contributed by atoms with Crippen molar-refractivity contribution in [3.8, 4) is 0 Å². The molecule has 1 aromatic carbocycles. The first kappa shape index (κ1) is 17.9. The Hall–Kier alpha value is -1.11. The zero-order valence-electron chi connectivity index (χ0n) is 12.1. The Bertz CT molecular complexity index is 561. The summed E-state index contributed by atoms with van der Waals surface area (Å²) in [6.45, 7) is 2.79. The fourth-order valence-electron chi connectivity index (χ4n) is 1.71. The van der Waals surface area contributed by atoms with Crippen LogP contribution in [0.15, 0.2) is 29.2 Å². The van der Waals surface area contributed by atoms with E-state index in [4.69, 9.17) is 11.6 Å². The van der Waals surface area contributed by atoms with Crippen molar-refractivity contribution in [1.29, 1.82) is 0 Å². The summed E-state index contributed by atoms with van der Waals surface area (Å²) in [5, 5.41) is 3.11. The van der Waals surface area contributed by atoms with Crippen LogP contribution in [0.1, 0.15) is 32.6 Å². The molecule has 0 aliphatic heterocycles. The van der Waals surface area contributed by atoms with Gasteiger partial charge in [-0.15, -0.1) is 0 Å². The number of hydrogen-bond donors (Lipinski definition) is 2. The van der Waals surface area contributed by atoms with E-state index in [0.717, 1.165) is 19.3 Å². The molecule has 0 atom stereocenters. The quantitative estimate of drug-likeness (QED) is 0.681. The van der Waals surface area contributed by atoms with Crippen molar-refractivity contribution in [2.24, 2.45) is 0 Å². The van der Waals surface area contributed by atoms with E-state index in [9.17, 15) is 13.2 Å². The summed E-state index contributed by atoms with van der Waals surface area (Å²) in [5.74, 6) is -0.153. The fourth-order valence-corrected chi connectivity index (χ4v) is 3.04. The van der Waals surface area contributed by atoms with Crippen LogP contribution in [0.5, 0.6) is 0 Å². The molecule has 0 saturated carbocycles. The van der Waals surface area contributed by atoms with Crippen molar-refractivity contribution in [1.82, 2.24) is 10.0 Å². The Labute approximate surface area is 131 Å². The van der Waals surface area contributed by atoms with Gasteiger partial charge in [0.2, 0.25) is 15.9 Å². The number of nitrogens with one attached hydrogen (secondary N) is 2. The van der Waals surface area contributed by atoms with Gasteiger partial charge in [0.25, 0.3) is 0 Å². The van der Waals surface area contributed by atoms with Gasteiger partial charge in [0.15, 0.2) is 0 Å². The molecule has 1 rings (SSSR count). The van der Waals surface area contributed by atoms with Gasteiger partial charge in [-0.05, 0) is 24.6 Å². The molecule has 1 amide bonds. The van der Waals surface area contributed by atoms with Crippen LogP contribution in [0.25, 0.3) is 0 Å². The number of carbonyl (C=O) groups is 1. The highest BCUT2D eigenvalue weighted by Gasteiger charge is 2.14. The molecule has 1 aromatic rings. The van der Waals surface area contributed by atoms with E-state index in [1.54, 1.807) is 12.1 Å². The van der Waals surface area contributed by atoms with Gasteiger partial charge in [-0.2, -0.15) is 0 Å². The van der Waals surface area contributed by atoms with Crippen molar-refractivity contribution < 1.29 is 13.2 Å². The number of sulfonamides is 1. The van der Waals surface area contributed by atoms with E-state index < -0.39 is 10.0 Å². The van der Waals surface area contributed by atoms with Crippen LogP contribution in [0.3, 0.4) is 0 Å². The van der Waals surface area contributed by atoms with Crippen molar-refractivity contribution in [3.05, 3.63) is 29.3 Å². The van der Waals surface area contributed by atoms with Crippen LogP contribution >= 0.6 is 11.6 Å². The Balaban J connectivity index is 2.36. The minimum atomic E-state index is -3.62. The van der Waals surface area contributed by atoms with Crippen molar-refractivity contribution >= 4 is 27.5 Å². The van der Waals surface area contributed by atoms with E-state index in [-0.39, 0.29) is 23.8 Å². The van der Waals surface area contributed by atoms with Gasteiger partial charge < -0.3 is 5.32 Å². The second kappa shape index (κ2) is 9.02. The van der Waals surface area contributed by atoms with E-state index in [1.165, 1.54) is 12.1 Å². The zero-order chi connectivity index (χ0) is 15.7. The summed E-state index contributed by atoms with van der Waals surface area (Å²) < 4.78 is 26.3. The SMILES string of the molecule is CCCCCNC(=O)CCNS(=O)(=O)c1cccc(Cl)c1. The van der Waals surface area contributed by atoms with E-state index in [2.05, 4.69) is 17.0 Å². The lowest BCUT2D eigenvalue weighted by Gasteiger charge is -2.07. The number of hydrogen-bond acceptors (Lipinski definition) is 3. The average molecular weight is 333 g/mol. The smallest absolute Gasteiger partial charge is 0.240 e. The molecule has 118 valence electrons. The van der Waals surface area contributed by atoms with E-state index in [0.29, 0.717) is 11.6 Å². The highest BCUT2D eigenvalue weighted by molar-refractivity contribution is 7.89. The minimum absolute atomic E-state index is 0.0639. The van der Waals surface area contributed by atoms with Crippen LogP contribution < -0.4 is 10.0 Å². The third kappa shape index (κ3) is 6.93. The van der Waals surface area contributed by atoms with Gasteiger partial charge in [0.1, 0.15) is 0 Å². The lowest BCUT2D eigenvalue weighted by Crippen LogP contribution is -2.31. The molecule has 0 spiro atoms. The molecule has 0 aromatic heterocycles. The summed E-state index contributed by atoms with van der Waals surface area (Å²) in [4.78, 5) is 11.6. The summed E-state index contributed by atoms with van der Waals surface area (Å²) in [6.07, 6.45) is 3.22. The van der Waals surface area contributed by atoms with Crippen LogP contribution in [0.2, 0.25) is 5.02 Å². The fraction of sp³-hybridized carbons (Fsp3) is 0.500. The summed E-state index contributed by atoms with van der Waals surface area (Å²) in [5.41, 5.74) is 0. The molecule has 0 heterocycles. The Morgan fingerprint density at radius 2 is 2.00 bits per heavy atom. The lowest BCUT2D eigenvalue weighted by atomic mass is 10.2. The number of rotatable bonds is 9. The number of halogens is 1. The highest BCUT2D eigenvalue weighted by atomic mass is 35.5. The molecule has 0 fully saturated rings. The molecular weight excluding hydrogens is 312 g/mol. The first-order valence-electron chi connectivity index (χ1n) is 6.97. The van der Waals surface area contributed by atoms with Gasteiger partial charge in [0, 0.05) is 24.5 Å². The summed E-state index contributed by atoms with van der Waals surface area (Å²) in [6, 6.07) is 6.00. The Morgan fingerprint density at radius 1 is 1.24 bits per heavy atom. The number of unbranched alkanes of at least 4 members (excludes halogenated alkanes) is 2. The van der Waals surface area contributed by atoms with Gasteiger partial charge in [0.05, 0.1) is 4.90 Å². The Kier molecular flexibility index (Phi) is 7.71. The normalized spacial score (nSPS) is 11.3. The molecule has 0 bridgehead atoms.